The van der Waals surface area contributed by atoms with Gasteiger partial charge >= 0.3 is 0 Å². The lowest BCUT2D eigenvalue weighted by atomic mass is 9.74. The van der Waals surface area contributed by atoms with Crippen molar-refractivity contribution < 1.29 is 8.78 Å². The first-order chi connectivity index (χ1) is 10.9. The zero-order valence-corrected chi connectivity index (χ0v) is 15.8. The van der Waals surface area contributed by atoms with E-state index in [4.69, 9.17) is 0 Å². The normalized spacial score (nSPS) is 12.5. The molecule has 130 valence electrons. The van der Waals surface area contributed by atoms with E-state index in [0.717, 1.165) is 0 Å². The van der Waals surface area contributed by atoms with Crippen LogP contribution in [-0.4, -0.2) is 0 Å². The van der Waals surface area contributed by atoms with Crippen molar-refractivity contribution in [2.45, 2.75) is 65.7 Å². The molecule has 2 heteroatoms. The number of hydrogen-bond donors (Lipinski definition) is 0. The third-order valence-corrected chi connectivity index (χ3v) is 4.71. The molecule has 0 bridgehead atoms. The lowest BCUT2D eigenvalue weighted by molar-refractivity contribution is 0.452. The van der Waals surface area contributed by atoms with Crippen LogP contribution in [0.3, 0.4) is 0 Å². The van der Waals surface area contributed by atoms with E-state index in [9.17, 15) is 4.39 Å². The van der Waals surface area contributed by atoms with Gasteiger partial charge in [0, 0.05) is 5.56 Å². The van der Waals surface area contributed by atoms with Crippen LogP contribution in [0.5, 0.6) is 0 Å². The molecule has 0 aliphatic heterocycles. The van der Waals surface area contributed by atoms with E-state index in [-0.39, 0.29) is 11.0 Å². The van der Waals surface area contributed by atoms with Crippen LogP contribution in [0.25, 0.3) is 0 Å². The van der Waals surface area contributed by atoms with Crippen LogP contribution in [0.15, 0.2) is 30.3 Å². The Bertz CT molecular complexity index is 729. The quantitative estimate of drug-likeness (QED) is 0.611. The van der Waals surface area contributed by atoms with Gasteiger partial charge in [-0.15, -0.1) is 0 Å². The minimum Gasteiger partial charge on any atom is -0.207 e. The number of benzene rings is 2. The third kappa shape index (κ3) is 3.53. The molecule has 2 aromatic carbocycles. The molecule has 0 aliphatic rings. The second-order valence-corrected chi connectivity index (χ2v) is 8.47. The molecule has 2 aromatic rings. The lowest BCUT2D eigenvalue weighted by Gasteiger charge is -2.30. The Morgan fingerprint density at radius 1 is 0.792 bits per heavy atom. The van der Waals surface area contributed by atoms with Gasteiger partial charge in [0.2, 0.25) is 0 Å². The molecule has 0 amide bonds. The molecule has 0 N–H and O–H groups in total. The van der Waals surface area contributed by atoms with Crippen molar-refractivity contribution in [3.63, 3.8) is 0 Å². The predicted molar refractivity (Wildman–Crippen MR) is 97.7 cm³/mol. The van der Waals surface area contributed by atoms with E-state index in [1.54, 1.807) is 6.07 Å². The zero-order valence-electron chi connectivity index (χ0n) is 15.8. The summed E-state index contributed by atoms with van der Waals surface area (Å²) in [6.07, 6.45) is 0.536. The summed E-state index contributed by atoms with van der Waals surface area (Å²) in [4.78, 5) is 0. The molecule has 0 heterocycles. The molecule has 2 rings (SSSR count). The average molecular weight is 330 g/mol. The standard InChI is InChI=1S/C22H28F2/c1-14-9-8-10-15(2)18(14)22(6,7)13-16-11-12-17(23)19(20(16)24)21(3,4)5/h8-12H,13H2,1-7H3. The van der Waals surface area contributed by atoms with Crippen LogP contribution in [0.1, 0.15) is 62.4 Å². The summed E-state index contributed by atoms with van der Waals surface area (Å²) in [5.41, 5.74) is 3.62. The fourth-order valence-corrected chi connectivity index (χ4v) is 3.87. The van der Waals surface area contributed by atoms with Crippen molar-refractivity contribution >= 4 is 0 Å². The SMILES string of the molecule is Cc1cccc(C)c1C(C)(C)Cc1ccc(F)c(C(C)(C)C)c1F. The number of halogens is 2. The first kappa shape index (κ1) is 18.6. The molecule has 24 heavy (non-hydrogen) atoms. The molecule has 0 atom stereocenters. The maximum absolute atomic E-state index is 15.0. The highest BCUT2D eigenvalue weighted by Gasteiger charge is 2.29. The van der Waals surface area contributed by atoms with Gasteiger partial charge in [-0.05, 0) is 59.4 Å². The zero-order chi connectivity index (χ0) is 18.3. The van der Waals surface area contributed by atoms with Gasteiger partial charge in [0.1, 0.15) is 11.6 Å². The Hall–Kier alpha value is -1.70. The van der Waals surface area contributed by atoms with Crippen LogP contribution in [0.2, 0.25) is 0 Å². The van der Waals surface area contributed by atoms with Crippen molar-refractivity contribution in [3.05, 3.63) is 69.8 Å². The minimum absolute atomic E-state index is 0.178. The van der Waals surface area contributed by atoms with Crippen molar-refractivity contribution in [3.8, 4) is 0 Å². The summed E-state index contributed by atoms with van der Waals surface area (Å²) in [6, 6.07) is 9.22. The molecular weight excluding hydrogens is 302 g/mol. The molecule has 0 aliphatic carbocycles. The van der Waals surface area contributed by atoms with Gasteiger partial charge in [0.25, 0.3) is 0 Å². The second-order valence-electron chi connectivity index (χ2n) is 8.47. The van der Waals surface area contributed by atoms with Crippen LogP contribution >= 0.6 is 0 Å². The maximum atomic E-state index is 15.0. The first-order valence-corrected chi connectivity index (χ1v) is 8.49. The molecule has 0 nitrogen and oxygen atoms in total. The van der Waals surface area contributed by atoms with Crippen LogP contribution in [0, 0.1) is 25.5 Å². The predicted octanol–water partition coefficient (Wildman–Crippen LogP) is 6.40. The number of aryl methyl sites for hydroxylation is 2. The maximum Gasteiger partial charge on any atom is 0.133 e. The van der Waals surface area contributed by atoms with Gasteiger partial charge < -0.3 is 0 Å². The van der Waals surface area contributed by atoms with Gasteiger partial charge in [-0.2, -0.15) is 0 Å². The summed E-state index contributed by atoms with van der Waals surface area (Å²) in [7, 11) is 0. The highest BCUT2D eigenvalue weighted by atomic mass is 19.1. The molecule has 0 unspecified atom stereocenters. The van der Waals surface area contributed by atoms with Gasteiger partial charge in [0.05, 0.1) is 0 Å². The lowest BCUT2D eigenvalue weighted by Crippen LogP contribution is -2.25. The van der Waals surface area contributed by atoms with Gasteiger partial charge in [0.15, 0.2) is 0 Å². The fourth-order valence-electron chi connectivity index (χ4n) is 3.87. The third-order valence-electron chi connectivity index (χ3n) is 4.71. The molecule has 0 saturated carbocycles. The van der Waals surface area contributed by atoms with Crippen molar-refractivity contribution in [2.75, 3.05) is 0 Å². The molecule has 0 spiro atoms. The van der Waals surface area contributed by atoms with E-state index in [1.807, 2.05) is 26.8 Å². The Balaban J connectivity index is 2.52. The highest BCUT2D eigenvalue weighted by molar-refractivity contribution is 5.41. The summed E-state index contributed by atoms with van der Waals surface area (Å²) in [5.74, 6) is -0.865. The smallest absolute Gasteiger partial charge is 0.133 e. The van der Waals surface area contributed by atoms with Crippen molar-refractivity contribution in [1.82, 2.24) is 0 Å². The number of rotatable bonds is 3. The summed E-state index contributed by atoms with van der Waals surface area (Å²) >= 11 is 0. The monoisotopic (exact) mass is 330 g/mol. The Morgan fingerprint density at radius 2 is 1.33 bits per heavy atom. The second kappa shape index (κ2) is 6.31. The summed E-state index contributed by atoms with van der Waals surface area (Å²) < 4.78 is 29.2. The molecule has 0 radical (unpaired) electrons. The average Bonchev–Trinajstić information content (AvgIpc) is 2.40. The van der Waals surface area contributed by atoms with E-state index in [0.29, 0.717) is 12.0 Å². The Kier molecular flexibility index (Phi) is 4.90. The van der Waals surface area contributed by atoms with E-state index in [1.165, 1.54) is 22.8 Å². The van der Waals surface area contributed by atoms with E-state index in [2.05, 4.69) is 39.8 Å². The van der Waals surface area contributed by atoms with Gasteiger partial charge in [-0.3, -0.25) is 0 Å². The largest absolute Gasteiger partial charge is 0.207 e. The molecule has 0 fully saturated rings. The Morgan fingerprint density at radius 3 is 1.83 bits per heavy atom. The van der Waals surface area contributed by atoms with Crippen LogP contribution in [-0.2, 0) is 17.3 Å². The number of hydrogen-bond acceptors (Lipinski definition) is 0. The molecule has 0 saturated heterocycles. The van der Waals surface area contributed by atoms with E-state index >= 15 is 4.39 Å². The first-order valence-electron chi connectivity index (χ1n) is 8.49. The molecule has 0 aromatic heterocycles. The van der Waals surface area contributed by atoms with Gasteiger partial charge in [-0.25, -0.2) is 8.78 Å². The van der Waals surface area contributed by atoms with Crippen LogP contribution < -0.4 is 0 Å². The fraction of sp³-hybridized carbons (Fsp3) is 0.455. The summed E-state index contributed by atoms with van der Waals surface area (Å²) in [5, 5.41) is 0. The minimum atomic E-state index is -0.563. The van der Waals surface area contributed by atoms with Crippen molar-refractivity contribution in [1.29, 1.82) is 0 Å². The highest BCUT2D eigenvalue weighted by Crippen LogP contribution is 2.36. The summed E-state index contributed by atoms with van der Waals surface area (Å²) in [6.45, 7) is 14.0. The molecular formula is C22H28F2. The van der Waals surface area contributed by atoms with E-state index < -0.39 is 17.0 Å². The van der Waals surface area contributed by atoms with Gasteiger partial charge in [-0.1, -0.05) is 58.9 Å². The Labute approximate surface area is 144 Å². The van der Waals surface area contributed by atoms with Crippen molar-refractivity contribution in [2.24, 2.45) is 0 Å². The van der Waals surface area contributed by atoms with Crippen LogP contribution in [0.4, 0.5) is 8.78 Å². The topological polar surface area (TPSA) is 0 Å².